The molecule has 4 heteroatoms. The molecular weight excluding hydrogens is 202 g/mol. The molecule has 1 aliphatic rings. The van der Waals surface area contributed by atoms with Crippen LogP contribution in [0.15, 0.2) is 24.3 Å². The number of para-hydroxylation sites is 2. The predicted molar refractivity (Wildman–Crippen MR) is 62.1 cm³/mol. The third-order valence-electron chi connectivity index (χ3n) is 2.65. The minimum atomic E-state index is -0.662. The molecule has 1 aromatic rings. The van der Waals surface area contributed by atoms with Crippen molar-refractivity contribution >= 4 is 17.3 Å². The normalized spacial score (nSPS) is 17.3. The number of nitrogens with one attached hydrogen (secondary N) is 1. The van der Waals surface area contributed by atoms with Gasteiger partial charge in [0.05, 0.1) is 17.4 Å². The van der Waals surface area contributed by atoms with Crippen LogP contribution >= 0.6 is 0 Å². The Morgan fingerprint density at radius 2 is 2.12 bits per heavy atom. The maximum absolute atomic E-state index is 12.1. The summed E-state index contributed by atoms with van der Waals surface area (Å²) in [5.41, 5.74) is 1.00. The van der Waals surface area contributed by atoms with Crippen LogP contribution < -0.4 is 10.2 Å². The lowest BCUT2D eigenvalue weighted by molar-refractivity contribution is -0.122. The smallest absolute Gasteiger partial charge is 0.253 e. The molecule has 1 aromatic carbocycles. The number of nitrogens with zero attached hydrogens (tertiary/aromatic N) is 2. The molecule has 2 rings (SSSR count). The van der Waals surface area contributed by atoms with Crippen LogP contribution in [0.5, 0.6) is 0 Å². The van der Waals surface area contributed by atoms with Gasteiger partial charge in [-0.3, -0.25) is 9.69 Å². The van der Waals surface area contributed by atoms with Gasteiger partial charge in [0.25, 0.3) is 5.91 Å². The van der Waals surface area contributed by atoms with E-state index in [1.54, 1.807) is 0 Å². The Bertz CT molecular complexity index is 473. The maximum atomic E-state index is 12.1. The number of carbonyl (C=O) groups excluding carboxylic acids is 1. The van der Waals surface area contributed by atoms with Crippen LogP contribution in [0.25, 0.3) is 0 Å². The number of hydrogen-bond donors (Lipinski definition) is 1. The van der Waals surface area contributed by atoms with E-state index in [0.717, 1.165) is 11.4 Å². The van der Waals surface area contributed by atoms with Crippen molar-refractivity contribution in [3.8, 4) is 6.07 Å². The van der Waals surface area contributed by atoms with Gasteiger partial charge in [0.1, 0.15) is 12.1 Å². The summed E-state index contributed by atoms with van der Waals surface area (Å²) in [5.74, 6) is -0.0762. The van der Waals surface area contributed by atoms with Gasteiger partial charge in [-0.15, -0.1) is 0 Å². The Kier molecular flexibility index (Phi) is 2.31. The minimum absolute atomic E-state index is 0.0762. The summed E-state index contributed by atoms with van der Waals surface area (Å²) in [7, 11) is 0. The Morgan fingerprint density at radius 3 is 2.81 bits per heavy atom. The Balaban J connectivity index is 2.52. The highest BCUT2D eigenvalue weighted by atomic mass is 16.2. The number of nitriles is 1. The summed E-state index contributed by atoms with van der Waals surface area (Å²) < 4.78 is 0. The standard InChI is InChI=1S/C12H13N3O/c1-12(2)11(16)15(8-7-13)10-6-4-3-5-9(10)14-12/h3-6,14H,8H2,1-2H3. The van der Waals surface area contributed by atoms with Gasteiger partial charge in [-0.05, 0) is 26.0 Å². The number of hydrogen-bond acceptors (Lipinski definition) is 3. The van der Waals surface area contributed by atoms with Crippen LogP contribution in [0.4, 0.5) is 11.4 Å². The number of amides is 1. The van der Waals surface area contributed by atoms with Crippen molar-refractivity contribution in [2.45, 2.75) is 19.4 Å². The molecule has 1 amide bonds. The van der Waals surface area contributed by atoms with Gasteiger partial charge in [0.2, 0.25) is 0 Å². The van der Waals surface area contributed by atoms with E-state index in [1.165, 1.54) is 4.90 Å². The summed E-state index contributed by atoms with van der Waals surface area (Å²) in [5, 5.41) is 11.9. The molecule has 4 nitrogen and oxygen atoms in total. The van der Waals surface area contributed by atoms with E-state index in [4.69, 9.17) is 5.26 Å². The first-order chi connectivity index (χ1) is 7.56. The third-order valence-corrected chi connectivity index (χ3v) is 2.65. The fourth-order valence-corrected chi connectivity index (χ4v) is 1.88. The molecule has 82 valence electrons. The largest absolute Gasteiger partial charge is 0.370 e. The molecule has 0 aromatic heterocycles. The second-order valence-electron chi connectivity index (χ2n) is 4.32. The summed E-state index contributed by atoms with van der Waals surface area (Å²) >= 11 is 0. The second-order valence-corrected chi connectivity index (χ2v) is 4.32. The van der Waals surface area contributed by atoms with E-state index >= 15 is 0 Å². The lowest BCUT2D eigenvalue weighted by Crippen LogP contribution is -2.53. The van der Waals surface area contributed by atoms with E-state index in [0.29, 0.717) is 0 Å². The van der Waals surface area contributed by atoms with Crippen LogP contribution in [-0.4, -0.2) is 18.0 Å². The first-order valence-electron chi connectivity index (χ1n) is 5.12. The van der Waals surface area contributed by atoms with Crippen molar-refractivity contribution in [1.29, 1.82) is 5.26 Å². The summed E-state index contributed by atoms with van der Waals surface area (Å²) in [6, 6.07) is 9.54. The van der Waals surface area contributed by atoms with Gasteiger partial charge in [0, 0.05) is 0 Å². The van der Waals surface area contributed by atoms with Gasteiger partial charge in [-0.25, -0.2) is 0 Å². The minimum Gasteiger partial charge on any atom is -0.370 e. The van der Waals surface area contributed by atoms with Crippen molar-refractivity contribution in [2.24, 2.45) is 0 Å². The highest BCUT2D eigenvalue weighted by Gasteiger charge is 2.38. The summed E-state index contributed by atoms with van der Waals surface area (Å²) in [6.45, 7) is 3.71. The molecule has 0 saturated heterocycles. The average molecular weight is 215 g/mol. The number of fused-ring (bicyclic) bond motifs is 1. The summed E-state index contributed by atoms with van der Waals surface area (Å²) in [4.78, 5) is 13.6. The monoisotopic (exact) mass is 215 g/mol. The van der Waals surface area contributed by atoms with Crippen molar-refractivity contribution in [3.05, 3.63) is 24.3 Å². The van der Waals surface area contributed by atoms with E-state index < -0.39 is 5.54 Å². The van der Waals surface area contributed by atoms with E-state index in [2.05, 4.69) is 5.32 Å². The second kappa shape index (κ2) is 3.53. The molecule has 0 spiro atoms. The highest BCUT2D eigenvalue weighted by molar-refractivity contribution is 6.07. The molecule has 0 fully saturated rings. The van der Waals surface area contributed by atoms with Crippen molar-refractivity contribution < 1.29 is 4.79 Å². The molecule has 0 atom stereocenters. The van der Waals surface area contributed by atoms with Crippen LogP contribution in [0, 0.1) is 11.3 Å². The zero-order chi connectivity index (χ0) is 11.8. The van der Waals surface area contributed by atoms with Gasteiger partial charge in [0.15, 0.2) is 0 Å². The van der Waals surface area contributed by atoms with Gasteiger partial charge in [-0.2, -0.15) is 5.26 Å². The van der Waals surface area contributed by atoms with Gasteiger partial charge < -0.3 is 5.32 Å². The topological polar surface area (TPSA) is 56.1 Å². The Morgan fingerprint density at radius 1 is 1.44 bits per heavy atom. The first kappa shape index (κ1) is 10.5. The first-order valence-corrected chi connectivity index (χ1v) is 5.12. The number of benzene rings is 1. The summed E-state index contributed by atoms with van der Waals surface area (Å²) in [6.07, 6.45) is 0. The molecule has 0 aliphatic carbocycles. The Labute approximate surface area is 94.5 Å². The third kappa shape index (κ3) is 1.50. The SMILES string of the molecule is CC1(C)Nc2ccccc2N(CC#N)C1=O. The van der Waals surface area contributed by atoms with Crippen LogP contribution in [0.2, 0.25) is 0 Å². The zero-order valence-corrected chi connectivity index (χ0v) is 9.32. The molecule has 16 heavy (non-hydrogen) atoms. The van der Waals surface area contributed by atoms with E-state index in [1.807, 2.05) is 44.2 Å². The molecule has 1 aliphatic heterocycles. The molecule has 0 saturated carbocycles. The average Bonchev–Trinajstić information content (AvgIpc) is 2.24. The van der Waals surface area contributed by atoms with Gasteiger partial charge >= 0.3 is 0 Å². The fraction of sp³-hybridized carbons (Fsp3) is 0.333. The van der Waals surface area contributed by atoms with Crippen molar-refractivity contribution in [3.63, 3.8) is 0 Å². The number of rotatable bonds is 1. The fourth-order valence-electron chi connectivity index (χ4n) is 1.88. The zero-order valence-electron chi connectivity index (χ0n) is 9.32. The van der Waals surface area contributed by atoms with Gasteiger partial charge in [-0.1, -0.05) is 12.1 Å². The molecule has 0 bridgehead atoms. The predicted octanol–water partition coefficient (Wildman–Crippen LogP) is 1.75. The molecular formula is C12H13N3O. The lowest BCUT2D eigenvalue weighted by Gasteiger charge is -2.38. The van der Waals surface area contributed by atoms with Crippen LogP contribution in [0.1, 0.15) is 13.8 Å². The molecule has 1 heterocycles. The molecule has 0 unspecified atom stereocenters. The van der Waals surface area contributed by atoms with E-state index in [-0.39, 0.29) is 12.5 Å². The van der Waals surface area contributed by atoms with Crippen LogP contribution in [-0.2, 0) is 4.79 Å². The highest BCUT2D eigenvalue weighted by Crippen LogP contribution is 2.34. The maximum Gasteiger partial charge on any atom is 0.253 e. The number of carbonyl (C=O) groups is 1. The van der Waals surface area contributed by atoms with Crippen LogP contribution in [0.3, 0.4) is 0 Å². The molecule has 0 radical (unpaired) electrons. The van der Waals surface area contributed by atoms with Crippen molar-refractivity contribution in [2.75, 3.05) is 16.8 Å². The Hall–Kier alpha value is -2.02. The van der Waals surface area contributed by atoms with Crippen molar-refractivity contribution in [1.82, 2.24) is 0 Å². The number of anilines is 2. The molecule has 1 N–H and O–H groups in total. The van der Waals surface area contributed by atoms with E-state index in [9.17, 15) is 4.79 Å². The quantitative estimate of drug-likeness (QED) is 0.726. The lowest BCUT2D eigenvalue weighted by atomic mass is 9.98.